The SMILES string of the molecule is C#Cc1ccc(CN(CCO)CC2CCCCN2)cc1.O=C(O)C(F)(F)F. The number of hydrogen-bond acceptors (Lipinski definition) is 4. The standard InChI is InChI=1S/C17H24N2O.C2HF3O2/c1-2-15-6-8-16(9-7-15)13-19(11-12-20)14-17-5-3-4-10-18-17;3-2(4,5)1(6)7/h1,6-9,17-18,20H,3-5,10-14H2;(H,6,7). The number of carbonyl (C=O) groups is 1. The first kappa shape index (κ1) is 23.0. The van der Waals surface area contributed by atoms with Gasteiger partial charge in [-0.1, -0.05) is 24.5 Å². The van der Waals surface area contributed by atoms with Crippen molar-refractivity contribution < 1.29 is 28.2 Å². The third kappa shape index (κ3) is 9.43. The first-order valence-corrected chi connectivity index (χ1v) is 8.68. The second-order valence-electron chi connectivity index (χ2n) is 6.25. The van der Waals surface area contributed by atoms with E-state index in [0.717, 1.165) is 31.7 Å². The van der Waals surface area contributed by atoms with Gasteiger partial charge in [-0.15, -0.1) is 6.42 Å². The zero-order valence-corrected chi connectivity index (χ0v) is 15.0. The number of nitrogens with one attached hydrogen (secondary N) is 1. The summed E-state index contributed by atoms with van der Waals surface area (Å²) in [6, 6.07) is 8.67. The van der Waals surface area contributed by atoms with E-state index in [9.17, 15) is 18.3 Å². The summed E-state index contributed by atoms with van der Waals surface area (Å²) < 4.78 is 31.7. The summed E-state index contributed by atoms with van der Waals surface area (Å²) >= 11 is 0. The Balaban J connectivity index is 0.000000445. The van der Waals surface area contributed by atoms with Crippen molar-refractivity contribution in [3.05, 3.63) is 35.4 Å². The van der Waals surface area contributed by atoms with Crippen LogP contribution in [0.4, 0.5) is 13.2 Å². The molecule has 1 aromatic carbocycles. The van der Waals surface area contributed by atoms with E-state index in [4.69, 9.17) is 16.3 Å². The van der Waals surface area contributed by atoms with Gasteiger partial charge in [0.1, 0.15) is 0 Å². The summed E-state index contributed by atoms with van der Waals surface area (Å²) in [5, 5.41) is 19.9. The highest BCUT2D eigenvalue weighted by molar-refractivity contribution is 5.73. The van der Waals surface area contributed by atoms with Gasteiger partial charge in [-0.25, -0.2) is 4.79 Å². The Morgan fingerprint density at radius 3 is 2.37 bits per heavy atom. The molecule has 0 bridgehead atoms. The lowest BCUT2D eigenvalue weighted by Crippen LogP contribution is -2.44. The number of piperidine rings is 1. The van der Waals surface area contributed by atoms with E-state index in [1.807, 2.05) is 12.1 Å². The molecule has 0 saturated carbocycles. The molecule has 1 aromatic rings. The molecule has 8 heteroatoms. The van der Waals surface area contributed by atoms with E-state index >= 15 is 0 Å². The normalized spacial score (nSPS) is 17.0. The number of aliphatic hydroxyl groups excluding tert-OH is 1. The van der Waals surface area contributed by atoms with Gasteiger partial charge in [0.2, 0.25) is 0 Å². The molecule has 5 nitrogen and oxygen atoms in total. The molecule has 1 aliphatic heterocycles. The van der Waals surface area contributed by atoms with Crippen LogP contribution < -0.4 is 5.32 Å². The third-order valence-electron chi connectivity index (χ3n) is 4.08. The van der Waals surface area contributed by atoms with E-state index in [1.165, 1.54) is 24.8 Å². The molecule has 1 fully saturated rings. The van der Waals surface area contributed by atoms with Gasteiger partial charge in [-0.3, -0.25) is 4.90 Å². The first-order valence-electron chi connectivity index (χ1n) is 8.68. The topological polar surface area (TPSA) is 72.8 Å². The molecule has 1 saturated heterocycles. The highest BCUT2D eigenvalue weighted by Gasteiger charge is 2.38. The Labute approximate surface area is 157 Å². The molecule has 0 aliphatic carbocycles. The van der Waals surface area contributed by atoms with E-state index in [2.05, 4.69) is 28.3 Å². The predicted octanol–water partition coefficient (Wildman–Crippen LogP) is 2.24. The molecule has 0 amide bonds. The molecule has 27 heavy (non-hydrogen) atoms. The maximum absolute atomic E-state index is 10.6. The van der Waals surface area contributed by atoms with Gasteiger partial charge in [-0.05, 0) is 37.1 Å². The van der Waals surface area contributed by atoms with Gasteiger partial charge in [0.05, 0.1) is 6.61 Å². The number of halogens is 3. The molecule has 1 atom stereocenters. The van der Waals surface area contributed by atoms with Gasteiger partial charge < -0.3 is 15.5 Å². The minimum absolute atomic E-state index is 0.204. The lowest BCUT2D eigenvalue weighted by Gasteiger charge is -2.30. The average Bonchev–Trinajstić information content (AvgIpc) is 2.63. The molecule has 3 N–H and O–H groups in total. The molecule has 150 valence electrons. The monoisotopic (exact) mass is 386 g/mol. The van der Waals surface area contributed by atoms with Crippen LogP contribution in [0.15, 0.2) is 24.3 Å². The van der Waals surface area contributed by atoms with Gasteiger partial charge >= 0.3 is 12.1 Å². The summed E-state index contributed by atoms with van der Waals surface area (Å²) in [4.78, 5) is 11.2. The second-order valence-corrected chi connectivity index (χ2v) is 6.25. The molecule has 2 rings (SSSR count). The van der Waals surface area contributed by atoms with Crippen molar-refractivity contribution in [3.8, 4) is 12.3 Å². The number of terminal acetylenes is 1. The number of aliphatic hydroxyl groups is 1. The Hall–Kier alpha value is -2.08. The summed E-state index contributed by atoms with van der Waals surface area (Å²) in [7, 11) is 0. The van der Waals surface area contributed by atoms with Crippen molar-refractivity contribution in [1.82, 2.24) is 10.2 Å². The average molecular weight is 386 g/mol. The van der Waals surface area contributed by atoms with Crippen LogP contribution in [-0.2, 0) is 11.3 Å². The fourth-order valence-electron chi connectivity index (χ4n) is 2.73. The van der Waals surface area contributed by atoms with E-state index in [-0.39, 0.29) is 6.61 Å². The Kier molecular flexibility index (Phi) is 9.86. The van der Waals surface area contributed by atoms with Crippen LogP contribution in [0.3, 0.4) is 0 Å². The Bertz CT molecular complexity index is 606. The summed E-state index contributed by atoms with van der Waals surface area (Å²) in [5.41, 5.74) is 2.16. The number of alkyl halides is 3. The van der Waals surface area contributed by atoms with Crippen LogP contribution in [-0.4, -0.2) is 59.5 Å². The molecule has 1 heterocycles. The van der Waals surface area contributed by atoms with E-state index in [1.54, 1.807) is 0 Å². The lowest BCUT2D eigenvalue weighted by molar-refractivity contribution is -0.192. The van der Waals surface area contributed by atoms with Crippen LogP contribution in [0.2, 0.25) is 0 Å². The first-order chi connectivity index (χ1) is 12.8. The minimum Gasteiger partial charge on any atom is -0.475 e. The number of aliphatic carboxylic acids is 1. The molecule has 0 radical (unpaired) electrons. The van der Waals surface area contributed by atoms with Gasteiger partial charge in [0.15, 0.2) is 0 Å². The Morgan fingerprint density at radius 2 is 1.93 bits per heavy atom. The van der Waals surface area contributed by atoms with Crippen molar-refractivity contribution >= 4 is 5.97 Å². The second kappa shape index (κ2) is 11.6. The summed E-state index contributed by atoms with van der Waals surface area (Å²) in [6.45, 7) is 3.90. The number of rotatable bonds is 6. The van der Waals surface area contributed by atoms with Gasteiger partial charge in [-0.2, -0.15) is 13.2 Å². The van der Waals surface area contributed by atoms with E-state index in [0.29, 0.717) is 6.04 Å². The van der Waals surface area contributed by atoms with Crippen LogP contribution in [0.1, 0.15) is 30.4 Å². The molecular weight excluding hydrogens is 361 g/mol. The largest absolute Gasteiger partial charge is 0.490 e. The number of carboxylic acid groups (broad SMARTS) is 1. The fraction of sp³-hybridized carbons (Fsp3) is 0.526. The summed E-state index contributed by atoms with van der Waals surface area (Å²) in [5.74, 6) is -0.122. The zero-order chi connectivity index (χ0) is 20.3. The number of carboxylic acids is 1. The quantitative estimate of drug-likeness (QED) is 0.654. The minimum atomic E-state index is -5.08. The lowest BCUT2D eigenvalue weighted by atomic mass is 10.0. The summed E-state index contributed by atoms with van der Waals surface area (Å²) in [6.07, 6.45) is 4.11. The molecule has 0 aromatic heterocycles. The van der Waals surface area contributed by atoms with Crippen LogP contribution in [0.5, 0.6) is 0 Å². The fourth-order valence-corrected chi connectivity index (χ4v) is 2.73. The zero-order valence-electron chi connectivity index (χ0n) is 15.0. The number of hydrogen-bond donors (Lipinski definition) is 3. The third-order valence-corrected chi connectivity index (χ3v) is 4.08. The molecule has 0 spiro atoms. The van der Waals surface area contributed by atoms with Crippen LogP contribution >= 0.6 is 0 Å². The van der Waals surface area contributed by atoms with Crippen LogP contribution in [0.25, 0.3) is 0 Å². The van der Waals surface area contributed by atoms with E-state index < -0.39 is 12.1 Å². The number of benzene rings is 1. The highest BCUT2D eigenvalue weighted by Crippen LogP contribution is 2.13. The Morgan fingerprint density at radius 1 is 1.30 bits per heavy atom. The van der Waals surface area contributed by atoms with Crippen molar-refractivity contribution in [3.63, 3.8) is 0 Å². The molecular formula is C19H25F3N2O3. The smallest absolute Gasteiger partial charge is 0.475 e. The van der Waals surface area contributed by atoms with Crippen LogP contribution in [0, 0.1) is 12.3 Å². The van der Waals surface area contributed by atoms with Gasteiger partial charge in [0, 0.05) is 31.2 Å². The van der Waals surface area contributed by atoms with Gasteiger partial charge in [0.25, 0.3) is 0 Å². The van der Waals surface area contributed by atoms with Crippen molar-refractivity contribution in [2.75, 3.05) is 26.2 Å². The van der Waals surface area contributed by atoms with Crippen molar-refractivity contribution in [1.29, 1.82) is 0 Å². The maximum Gasteiger partial charge on any atom is 0.490 e. The highest BCUT2D eigenvalue weighted by atomic mass is 19.4. The maximum atomic E-state index is 10.6. The molecule has 1 unspecified atom stereocenters. The predicted molar refractivity (Wildman–Crippen MR) is 96.1 cm³/mol. The van der Waals surface area contributed by atoms with Crippen molar-refractivity contribution in [2.45, 2.75) is 38.0 Å². The van der Waals surface area contributed by atoms with Crippen molar-refractivity contribution in [2.24, 2.45) is 0 Å². The number of nitrogens with zero attached hydrogens (tertiary/aromatic N) is 1. The molecule has 1 aliphatic rings.